The van der Waals surface area contributed by atoms with E-state index in [0.717, 1.165) is 16.0 Å². The van der Waals surface area contributed by atoms with Gasteiger partial charge in [-0.1, -0.05) is 66.7 Å². The van der Waals surface area contributed by atoms with Gasteiger partial charge >= 0.3 is 0 Å². The smallest absolute Gasteiger partial charge is 0.245 e. The van der Waals surface area contributed by atoms with Crippen LogP contribution in [0.2, 0.25) is 0 Å². The molecule has 5 nitrogen and oxygen atoms in total. The molecule has 4 aromatic rings. The predicted molar refractivity (Wildman–Crippen MR) is 112 cm³/mol. The molecule has 0 aliphatic rings. The zero-order valence-electron chi connectivity index (χ0n) is 15.2. The van der Waals surface area contributed by atoms with Gasteiger partial charge in [-0.25, -0.2) is 8.42 Å². The molecule has 2 aromatic heterocycles. The summed E-state index contributed by atoms with van der Waals surface area (Å²) < 4.78 is 31.1. The number of benzene rings is 2. The number of hydrogen-bond donors (Lipinski definition) is 1. The molecule has 7 heteroatoms. The number of sulfonamides is 1. The van der Waals surface area contributed by atoms with Crippen molar-refractivity contribution < 1.29 is 8.42 Å². The topological polar surface area (TPSA) is 64.0 Å². The zero-order valence-corrected chi connectivity index (χ0v) is 16.8. The summed E-state index contributed by atoms with van der Waals surface area (Å²) in [5.74, 6) is 0. The van der Waals surface area contributed by atoms with Crippen LogP contribution in [0.3, 0.4) is 0 Å². The fraction of sp³-hybridized carbons (Fsp3) is 0.0952. The summed E-state index contributed by atoms with van der Waals surface area (Å²) >= 11 is 1.46. The van der Waals surface area contributed by atoms with Crippen molar-refractivity contribution >= 4 is 21.4 Å². The normalized spacial score (nSPS) is 11.8. The highest BCUT2D eigenvalue weighted by molar-refractivity contribution is 7.89. The van der Waals surface area contributed by atoms with Crippen molar-refractivity contribution in [1.29, 1.82) is 0 Å². The summed E-state index contributed by atoms with van der Waals surface area (Å²) in [4.78, 5) is 0.992. The van der Waals surface area contributed by atoms with Gasteiger partial charge in [0.05, 0.1) is 10.9 Å². The van der Waals surface area contributed by atoms with Crippen LogP contribution in [0.5, 0.6) is 0 Å². The van der Waals surface area contributed by atoms with Crippen molar-refractivity contribution in [3.63, 3.8) is 0 Å². The van der Waals surface area contributed by atoms with Gasteiger partial charge in [0.1, 0.15) is 10.6 Å². The van der Waals surface area contributed by atoms with E-state index in [0.29, 0.717) is 5.69 Å². The van der Waals surface area contributed by atoms with Gasteiger partial charge in [0, 0.05) is 13.2 Å². The number of hydrogen-bond acceptors (Lipinski definition) is 4. The van der Waals surface area contributed by atoms with Crippen LogP contribution in [0.1, 0.15) is 17.2 Å². The van der Waals surface area contributed by atoms with Crippen molar-refractivity contribution in [3.8, 4) is 10.6 Å². The fourth-order valence-corrected chi connectivity index (χ4v) is 5.28. The summed E-state index contributed by atoms with van der Waals surface area (Å²) in [6.07, 6.45) is 1.55. The van der Waals surface area contributed by atoms with Crippen LogP contribution in [0.15, 0.2) is 89.3 Å². The average molecular weight is 410 g/mol. The number of nitrogens with one attached hydrogen (secondary N) is 1. The Balaban J connectivity index is 1.77. The van der Waals surface area contributed by atoms with Crippen molar-refractivity contribution in [3.05, 3.63) is 95.5 Å². The van der Waals surface area contributed by atoms with Crippen LogP contribution in [-0.4, -0.2) is 18.2 Å². The average Bonchev–Trinajstić information content (AvgIpc) is 3.37. The Morgan fingerprint density at radius 3 is 2.07 bits per heavy atom. The Labute approximate surface area is 168 Å². The first-order valence-corrected chi connectivity index (χ1v) is 11.1. The van der Waals surface area contributed by atoms with E-state index in [2.05, 4.69) is 9.82 Å². The van der Waals surface area contributed by atoms with E-state index < -0.39 is 16.1 Å². The molecule has 28 heavy (non-hydrogen) atoms. The summed E-state index contributed by atoms with van der Waals surface area (Å²) in [6, 6.07) is 22.4. The number of nitrogens with zero attached hydrogens (tertiary/aromatic N) is 2. The van der Waals surface area contributed by atoms with Gasteiger partial charge in [-0.3, -0.25) is 4.68 Å². The minimum absolute atomic E-state index is 0.175. The molecule has 0 unspecified atom stereocenters. The molecule has 0 radical (unpaired) electrons. The zero-order chi connectivity index (χ0) is 19.6. The molecular formula is C21H19N3O2S2. The van der Waals surface area contributed by atoms with E-state index in [9.17, 15) is 8.42 Å². The van der Waals surface area contributed by atoms with E-state index in [1.54, 1.807) is 13.2 Å². The van der Waals surface area contributed by atoms with Crippen LogP contribution >= 0.6 is 11.3 Å². The summed E-state index contributed by atoms with van der Waals surface area (Å²) in [6.45, 7) is 0. The quantitative estimate of drug-likeness (QED) is 0.519. The molecule has 0 fully saturated rings. The van der Waals surface area contributed by atoms with Gasteiger partial charge in [0.2, 0.25) is 10.0 Å². The molecule has 0 bridgehead atoms. The predicted octanol–water partition coefficient (Wildman–Crippen LogP) is 4.22. The Hall–Kier alpha value is -2.74. The summed E-state index contributed by atoms with van der Waals surface area (Å²) in [7, 11) is -2.09. The molecular weight excluding hydrogens is 390 g/mol. The van der Waals surface area contributed by atoms with Gasteiger partial charge in [-0.15, -0.1) is 11.3 Å². The standard InChI is InChI=1S/C21H19N3O2S2/c1-24-15-19(21(22-24)18-13-8-14-27-18)28(25,26)23-20(16-9-4-2-5-10-16)17-11-6-3-7-12-17/h2-15,20,23H,1H3. The van der Waals surface area contributed by atoms with E-state index in [1.807, 2.05) is 78.2 Å². The SMILES string of the molecule is Cn1cc(S(=O)(=O)NC(c2ccccc2)c2ccccc2)c(-c2cccs2)n1. The highest BCUT2D eigenvalue weighted by atomic mass is 32.2. The molecule has 0 amide bonds. The van der Waals surface area contributed by atoms with Gasteiger partial charge in [0.25, 0.3) is 0 Å². The Morgan fingerprint density at radius 2 is 1.54 bits per heavy atom. The number of rotatable bonds is 6. The molecule has 142 valence electrons. The molecule has 2 aromatic carbocycles. The van der Waals surface area contributed by atoms with E-state index in [1.165, 1.54) is 16.0 Å². The molecule has 4 rings (SSSR count). The maximum atomic E-state index is 13.4. The highest BCUT2D eigenvalue weighted by Gasteiger charge is 2.28. The monoisotopic (exact) mass is 409 g/mol. The van der Waals surface area contributed by atoms with Gasteiger partial charge in [-0.05, 0) is 22.6 Å². The second kappa shape index (κ2) is 7.71. The van der Waals surface area contributed by atoms with E-state index in [4.69, 9.17) is 0 Å². The maximum absolute atomic E-state index is 13.4. The maximum Gasteiger partial charge on any atom is 0.245 e. The van der Waals surface area contributed by atoms with Crippen LogP contribution in [0, 0.1) is 0 Å². The lowest BCUT2D eigenvalue weighted by Gasteiger charge is -2.19. The largest absolute Gasteiger partial charge is 0.274 e. The van der Waals surface area contributed by atoms with Gasteiger partial charge in [-0.2, -0.15) is 9.82 Å². The number of thiophene rings is 1. The van der Waals surface area contributed by atoms with Crippen molar-refractivity contribution in [2.24, 2.45) is 7.05 Å². The first kappa shape index (κ1) is 18.6. The second-order valence-electron chi connectivity index (χ2n) is 6.37. The summed E-state index contributed by atoms with van der Waals surface area (Å²) in [5, 5.41) is 6.29. The minimum Gasteiger partial charge on any atom is -0.274 e. The van der Waals surface area contributed by atoms with Crippen molar-refractivity contribution in [2.45, 2.75) is 10.9 Å². The molecule has 0 aliphatic heterocycles. The third-order valence-corrected chi connectivity index (χ3v) is 6.68. The highest BCUT2D eigenvalue weighted by Crippen LogP contribution is 2.31. The van der Waals surface area contributed by atoms with Gasteiger partial charge < -0.3 is 0 Å². The molecule has 1 N–H and O–H groups in total. The van der Waals surface area contributed by atoms with Crippen molar-refractivity contribution in [1.82, 2.24) is 14.5 Å². The first-order valence-electron chi connectivity index (χ1n) is 8.74. The molecule has 2 heterocycles. The molecule has 0 spiro atoms. The number of aryl methyl sites for hydroxylation is 1. The van der Waals surface area contributed by atoms with Crippen LogP contribution in [-0.2, 0) is 17.1 Å². The fourth-order valence-electron chi connectivity index (χ4n) is 3.09. The molecule has 0 aliphatic carbocycles. The third kappa shape index (κ3) is 3.77. The van der Waals surface area contributed by atoms with E-state index >= 15 is 0 Å². The van der Waals surface area contributed by atoms with Crippen molar-refractivity contribution in [2.75, 3.05) is 0 Å². The van der Waals surface area contributed by atoms with E-state index in [-0.39, 0.29) is 4.90 Å². The van der Waals surface area contributed by atoms with Gasteiger partial charge in [0.15, 0.2) is 0 Å². The lowest BCUT2D eigenvalue weighted by molar-refractivity contribution is 0.572. The summed E-state index contributed by atoms with van der Waals surface area (Å²) in [5.41, 5.74) is 2.21. The van der Waals surface area contributed by atoms with Crippen LogP contribution in [0.25, 0.3) is 10.6 Å². The lowest BCUT2D eigenvalue weighted by atomic mass is 10.00. The van der Waals surface area contributed by atoms with Crippen LogP contribution in [0.4, 0.5) is 0 Å². The Kier molecular flexibility index (Phi) is 5.13. The molecule has 0 saturated carbocycles. The third-order valence-electron chi connectivity index (χ3n) is 4.38. The second-order valence-corrected chi connectivity index (χ2v) is 9.00. The minimum atomic E-state index is -3.82. The van der Waals surface area contributed by atoms with Crippen LogP contribution < -0.4 is 4.72 Å². The Morgan fingerprint density at radius 1 is 0.929 bits per heavy atom. The molecule has 0 saturated heterocycles. The molecule has 0 atom stereocenters. The first-order chi connectivity index (χ1) is 13.5. The lowest BCUT2D eigenvalue weighted by Crippen LogP contribution is -2.29. The number of aromatic nitrogens is 2. The Bertz CT molecular complexity index is 1110.